The van der Waals surface area contributed by atoms with Crippen molar-refractivity contribution < 1.29 is 24.2 Å². The van der Waals surface area contributed by atoms with Gasteiger partial charge in [0.25, 0.3) is 0 Å². The molecule has 0 radical (unpaired) electrons. The molecule has 0 aromatic heterocycles. The molecule has 0 aliphatic heterocycles. The number of ether oxygens (including phenoxy) is 2. The predicted octanol–water partition coefficient (Wildman–Crippen LogP) is 0.252. The van der Waals surface area contributed by atoms with Crippen molar-refractivity contribution in [2.75, 3.05) is 7.11 Å². The zero-order valence-corrected chi connectivity index (χ0v) is 8.86. The van der Waals surface area contributed by atoms with E-state index in [1.54, 1.807) is 20.8 Å². The average Bonchev–Trinajstić information content (AvgIpc) is 1.99. The Bertz CT molecular complexity index is 216. The minimum atomic E-state index is -1.45. The molecule has 0 aliphatic rings. The monoisotopic (exact) mass is 204 g/mol. The molecule has 0 unspecified atom stereocenters. The molecule has 0 fully saturated rings. The Morgan fingerprint density at radius 3 is 2.21 bits per heavy atom. The van der Waals surface area contributed by atoms with E-state index in [0.717, 1.165) is 7.11 Å². The molecule has 0 aromatic rings. The Morgan fingerprint density at radius 2 is 1.86 bits per heavy atom. The fourth-order valence-corrected chi connectivity index (χ4v) is 0.760. The van der Waals surface area contributed by atoms with E-state index in [2.05, 4.69) is 4.74 Å². The maximum atomic E-state index is 11.1. The summed E-state index contributed by atoms with van der Waals surface area (Å²) >= 11 is 0. The van der Waals surface area contributed by atoms with Crippen molar-refractivity contribution in [3.8, 4) is 0 Å². The van der Waals surface area contributed by atoms with Crippen LogP contribution >= 0.6 is 0 Å². The number of esters is 2. The highest BCUT2D eigenvalue weighted by Gasteiger charge is 2.23. The van der Waals surface area contributed by atoms with Crippen molar-refractivity contribution in [1.29, 1.82) is 0 Å². The van der Waals surface area contributed by atoms with Crippen molar-refractivity contribution >= 4 is 11.9 Å². The number of aliphatic hydroxyl groups excluding tert-OH is 1. The van der Waals surface area contributed by atoms with Gasteiger partial charge in [-0.1, -0.05) is 0 Å². The first-order chi connectivity index (χ1) is 6.26. The predicted molar refractivity (Wildman–Crippen MR) is 48.5 cm³/mol. The van der Waals surface area contributed by atoms with Gasteiger partial charge < -0.3 is 14.6 Å². The van der Waals surface area contributed by atoms with Crippen LogP contribution in [0.25, 0.3) is 0 Å². The highest BCUT2D eigenvalue weighted by atomic mass is 16.6. The molecule has 0 spiro atoms. The van der Waals surface area contributed by atoms with Gasteiger partial charge in [0.2, 0.25) is 0 Å². The molecule has 0 saturated heterocycles. The van der Waals surface area contributed by atoms with Crippen LogP contribution in [0.3, 0.4) is 0 Å². The molecular formula is C9H16O5. The van der Waals surface area contributed by atoms with E-state index in [0.29, 0.717) is 0 Å². The zero-order chi connectivity index (χ0) is 11.4. The smallest absolute Gasteiger partial charge is 0.335 e. The number of rotatable bonds is 3. The van der Waals surface area contributed by atoms with Gasteiger partial charge in [-0.15, -0.1) is 0 Å². The van der Waals surface area contributed by atoms with E-state index < -0.39 is 23.6 Å². The summed E-state index contributed by atoms with van der Waals surface area (Å²) in [5.74, 6) is -1.47. The zero-order valence-electron chi connectivity index (χ0n) is 8.86. The Balaban J connectivity index is 4.01. The lowest BCUT2D eigenvalue weighted by atomic mass is 10.2. The maximum Gasteiger partial charge on any atom is 0.335 e. The molecule has 5 nitrogen and oxygen atoms in total. The Labute approximate surface area is 83.0 Å². The van der Waals surface area contributed by atoms with Crippen molar-refractivity contribution in [2.45, 2.75) is 38.9 Å². The van der Waals surface area contributed by atoms with Crippen molar-refractivity contribution in [3.63, 3.8) is 0 Å². The minimum Gasteiger partial charge on any atom is -0.467 e. The van der Waals surface area contributed by atoms with Crippen LogP contribution in [0.2, 0.25) is 0 Å². The summed E-state index contributed by atoms with van der Waals surface area (Å²) in [6.45, 7) is 5.11. The van der Waals surface area contributed by atoms with Gasteiger partial charge >= 0.3 is 11.9 Å². The van der Waals surface area contributed by atoms with Crippen LogP contribution in [0.5, 0.6) is 0 Å². The summed E-state index contributed by atoms with van der Waals surface area (Å²) in [5, 5.41) is 9.11. The lowest BCUT2D eigenvalue weighted by Gasteiger charge is -2.20. The van der Waals surface area contributed by atoms with Gasteiger partial charge in [0.1, 0.15) is 5.60 Å². The molecular weight excluding hydrogens is 188 g/mol. The highest BCUT2D eigenvalue weighted by Crippen LogP contribution is 2.09. The lowest BCUT2D eigenvalue weighted by molar-refractivity contribution is -0.164. The molecule has 0 rings (SSSR count). The van der Waals surface area contributed by atoms with Gasteiger partial charge in [-0.3, -0.25) is 4.79 Å². The average molecular weight is 204 g/mol. The van der Waals surface area contributed by atoms with Gasteiger partial charge in [0.15, 0.2) is 6.10 Å². The van der Waals surface area contributed by atoms with Crippen molar-refractivity contribution in [2.24, 2.45) is 0 Å². The lowest BCUT2D eigenvalue weighted by Crippen LogP contribution is -2.30. The first-order valence-corrected chi connectivity index (χ1v) is 4.24. The van der Waals surface area contributed by atoms with Crippen LogP contribution in [-0.2, 0) is 19.1 Å². The molecule has 0 saturated carbocycles. The van der Waals surface area contributed by atoms with Crippen LogP contribution in [0.4, 0.5) is 0 Å². The number of hydrogen-bond donors (Lipinski definition) is 1. The summed E-state index contributed by atoms with van der Waals surface area (Å²) in [6, 6.07) is 0. The molecule has 5 heteroatoms. The minimum absolute atomic E-state index is 0.385. The number of carbonyl (C=O) groups is 2. The van der Waals surface area contributed by atoms with E-state index in [1.165, 1.54) is 0 Å². The van der Waals surface area contributed by atoms with E-state index >= 15 is 0 Å². The van der Waals surface area contributed by atoms with Gasteiger partial charge in [0, 0.05) is 0 Å². The van der Waals surface area contributed by atoms with E-state index in [1.807, 2.05) is 0 Å². The molecule has 0 aromatic carbocycles. The normalized spacial score (nSPS) is 13.2. The van der Waals surface area contributed by atoms with Crippen LogP contribution in [0, 0.1) is 0 Å². The number of hydrogen-bond acceptors (Lipinski definition) is 5. The summed E-state index contributed by atoms with van der Waals surface area (Å²) in [4.78, 5) is 21.8. The van der Waals surface area contributed by atoms with Gasteiger partial charge in [-0.05, 0) is 20.8 Å². The third-order valence-electron chi connectivity index (χ3n) is 1.25. The first kappa shape index (κ1) is 12.9. The third-order valence-corrected chi connectivity index (χ3v) is 1.25. The molecule has 82 valence electrons. The quantitative estimate of drug-likeness (QED) is 0.667. The second kappa shape index (κ2) is 4.95. The van der Waals surface area contributed by atoms with Gasteiger partial charge in [0.05, 0.1) is 13.5 Å². The van der Waals surface area contributed by atoms with Crippen molar-refractivity contribution in [1.82, 2.24) is 0 Å². The summed E-state index contributed by atoms with van der Waals surface area (Å²) in [7, 11) is 1.14. The fourth-order valence-electron chi connectivity index (χ4n) is 0.760. The standard InChI is InChI=1S/C9H16O5/c1-9(2,3)14-7(11)5-6(10)8(12)13-4/h6,10H,5H2,1-4H3/t6-/m0/s1. The number of aliphatic hydroxyl groups is 1. The van der Waals surface area contributed by atoms with E-state index in [4.69, 9.17) is 9.84 Å². The molecule has 0 heterocycles. The molecule has 0 aliphatic carbocycles. The van der Waals surface area contributed by atoms with Crippen LogP contribution in [-0.4, -0.2) is 35.9 Å². The molecule has 0 amide bonds. The SMILES string of the molecule is COC(=O)[C@@H](O)CC(=O)OC(C)(C)C. The number of methoxy groups -OCH3 is 1. The van der Waals surface area contributed by atoms with Crippen molar-refractivity contribution in [3.05, 3.63) is 0 Å². The Morgan fingerprint density at radius 1 is 1.36 bits per heavy atom. The first-order valence-electron chi connectivity index (χ1n) is 4.24. The van der Waals surface area contributed by atoms with Crippen LogP contribution in [0.15, 0.2) is 0 Å². The third kappa shape index (κ3) is 5.53. The van der Waals surface area contributed by atoms with E-state index in [-0.39, 0.29) is 6.42 Å². The second-order valence-electron chi connectivity index (χ2n) is 3.83. The Hall–Kier alpha value is -1.10. The summed E-state index contributed by atoms with van der Waals surface area (Å²) < 4.78 is 9.14. The maximum absolute atomic E-state index is 11.1. The largest absolute Gasteiger partial charge is 0.467 e. The van der Waals surface area contributed by atoms with Gasteiger partial charge in [-0.2, -0.15) is 0 Å². The Kier molecular flexibility index (Phi) is 4.56. The second-order valence-corrected chi connectivity index (χ2v) is 3.83. The van der Waals surface area contributed by atoms with E-state index in [9.17, 15) is 9.59 Å². The topological polar surface area (TPSA) is 72.8 Å². The molecule has 1 atom stereocenters. The van der Waals surface area contributed by atoms with Gasteiger partial charge in [-0.25, -0.2) is 4.79 Å². The molecule has 1 N–H and O–H groups in total. The van der Waals surface area contributed by atoms with Crippen LogP contribution in [0.1, 0.15) is 27.2 Å². The molecule has 14 heavy (non-hydrogen) atoms. The summed E-state index contributed by atoms with van der Waals surface area (Å²) in [5.41, 5.74) is -0.618. The van der Waals surface area contributed by atoms with Crippen LogP contribution < -0.4 is 0 Å². The molecule has 0 bridgehead atoms. The fraction of sp³-hybridized carbons (Fsp3) is 0.778. The summed E-state index contributed by atoms with van der Waals surface area (Å²) in [6.07, 6.45) is -1.83. The number of carbonyl (C=O) groups excluding carboxylic acids is 2. The highest BCUT2D eigenvalue weighted by molar-refractivity contribution is 5.81.